The molecule has 0 fully saturated rings. The predicted octanol–water partition coefficient (Wildman–Crippen LogP) is 3.56. The van der Waals surface area contributed by atoms with Gasteiger partial charge in [0, 0.05) is 22.4 Å². The van der Waals surface area contributed by atoms with Gasteiger partial charge in [-0.05, 0) is 38.0 Å². The molecule has 3 nitrogen and oxygen atoms in total. The highest BCUT2D eigenvalue weighted by Gasteiger charge is 2.14. The van der Waals surface area contributed by atoms with E-state index in [-0.39, 0.29) is 0 Å². The van der Waals surface area contributed by atoms with Crippen LogP contribution in [0.1, 0.15) is 24.3 Å². The molecule has 2 heterocycles. The van der Waals surface area contributed by atoms with Crippen molar-refractivity contribution >= 4 is 23.6 Å². The number of hydrogen-bond donors (Lipinski definition) is 1. The highest BCUT2D eigenvalue weighted by atomic mass is 32.1. The lowest BCUT2D eigenvalue weighted by atomic mass is 10.1. The number of rotatable bonds is 3. The Morgan fingerprint density at radius 3 is 2.88 bits per heavy atom. The van der Waals surface area contributed by atoms with Gasteiger partial charge in [0.05, 0.1) is 0 Å². The van der Waals surface area contributed by atoms with Gasteiger partial charge in [-0.25, -0.2) is 0 Å². The molecule has 86 valence electrons. The Hall–Kier alpha value is -0.940. The second kappa shape index (κ2) is 4.51. The van der Waals surface area contributed by atoms with E-state index in [9.17, 15) is 0 Å². The van der Waals surface area contributed by atoms with Gasteiger partial charge >= 0.3 is 0 Å². The van der Waals surface area contributed by atoms with Crippen LogP contribution in [-0.4, -0.2) is 14.8 Å². The van der Waals surface area contributed by atoms with Crippen molar-refractivity contribution < 1.29 is 0 Å². The Kier molecular flexibility index (Phi) is 3.25. The molecule has 0 amide bonds. The first-order chi connectivity index (χ1) is 7.69. The Morgan fingerprint density at radius 1 is 1.50 bits per heavy atom. The van der Waals surface area contributed by atoms with Crippen LogP contribution in [0.2, 0.25) is 0 Å². The number of thiophene rings is 1. The topological polar surface area (TPSA) is 33.6 Å². The second-order valence-corrected chi connectivity index (χ2v) is 5.10. The van der Waals surface area contributed by atoms with Gasteiger partial charge in [-0.1, -0.05) is 6.92 Å². The highest BCUT2D eigenvalue weighted by Crippen LogP contribution is 2.30. The molecule has 0 saturated heterocycles. The smallest absolute Gasteiger partial charge is 0.195 e. The zero-order chi connectivity index (χ0) is 11.7. The van der Waals surface area contributed by atoms with Gasteiger partial charge in [0.25, 0.3) is 0 Å². The fourth-order valence-corrected chi connectivity index (χ4v) is 3.12. The standard InChI is InChI=1S/C11H15N3S2/c1-4-8-7(3)16-6-9(8)10-12-13-11(15)14(10)5-2/h6H,4-5H2,1-3H3,(H,13,15). The van der Waals surface area contributed by atoms with Crippen molar-refractivity contribution in [2.75, 3.05) is 0 Å². The maximum absolute atomic E-state index is 5.21. The molecule has 0 spiro atoms. The van der Waals surface area contributed by atoms with Crippen LogP contribution >= 0.6 is 23.6 Å². The molecule has 2 aromatic rings. The summed E-state index contributed by atoms with van der Waals surface area (Å²) in [5.41, 5.74) is 2.60. The van der Waals surface area contributed by atoms with Crippen molar-refractivity contribution in [3.8, 4) is 11.4 Å². The van der Waals surface area contributed by atoms with E-state index in [1.54, 1.807) is 11.3 Å². The zero-order valence-electron chi connectivity index (χ0n) is 9.70. The van der Waals surface area contributed by atoms with E-state index < -0.39 is 0 Å². The molecule has 0 saturated carbocycles. The van der Waals surface area contributed by atoms with Gasteiger partial charge in [-0.2, -0.15) is 5.10 Å². The van der Waals surface area contributed by atoms with E-state index in [1.165, 1.54) is 16.0 Å². The molecule has 1 N–H and O–H groups in total. The first kappa shape index (κ1) is 11.5. The largest absolute Gasteiger partial charge is 0.300 e. The molecule has 0 unspecified atom stereocenters. The first-order valence-corrected chi connectivity index (χ1v) is 6.70. The van der Waals surface area contributed by atoms with E-state index >= 15 is 0 Å². The molecule has 0 atom stereocenters. The van der Waals surface area contributed by atoms with Crippen LogP contribution < -0.4 is 0 Å². The van der Waals surface area contributed by atoms with Gasteiger partial charge in [-0.3, -0.25) is 5.10 Å². The average Bonchev–Trinajstić information content (AvgIpc) is 2.81. The lowest BCUT2D eigenvalue weighted by molar-refractivity contribution is 0.755. The molecular formula is C11H15N3S2. The summed E-state index contributed by atoms with van der Waals surface area (Å²) >= 11 is 6.98. The monoisotopic (exact) mass is 253 g/mol. The minimum Gasteiger partial charge on any atom is -0.300 e. The van der Waals surface area contributed by atoms with Crippen molar-refractivity contribution in [1.82, 2.24) is 14.8 Å². The Morgan fingerprint density at radius 2 is 2.25 bits per heavy atom. The molecule has 0 aliphatic heterocycles. The van der Waals surface area contributed by atoms with Gasteiger partial charge < -0.3 is 4.57 Å². The van der Waals surface area contributed by atoms with E-state index in [2.05, 4.69) is 36.3 Å². The molecule has 0 aliphatic rings. The summed E-state index contributed by atoms with van der Waals surface area (Å²) in [6.45, 7) is 7.27. The summed E-state index contributed by atoms with van der Waals surface area (Å²) in [5.74, 6) is 0.966. The lowest BCUT2D eigenvalue weighted by Crippen LogP contribution is -1.98. The minimum absolute atomic E-state index is 0.698. The molecule has 5 heteroatoms. The number of aryl methyl sites for hydroxylation is 1. The fraction of sp³-hybridized carbons (Fsp3) is 0.455. The molecule has 2 aromatic heterocycles. The van der Waals surface area contributed by atoms with Crippen molar-refractivity contribution in [2.24, 2.45) is 0 Å². The summed E-state index contributed by atoms with van der Waals surface area (Å²) in [7, 11) is 0. The van der Waals surface area contributed by atoms with Crippen molar-refractivity contribution in [2.45, 2.75) is 33.7 Å². The van der Waals surface area contributed by atoms with E-state index in [0.29, 0.717) is 4.77 Å². The number of aromatic amines is 1. The van der Waals surface area contributed by atoms with Gasteiger partial charge in [0.15, 0.2) is 10.6 Å². The highest BCUT2D eigenvalue weighted by molar-refractivity contribution is 7.71. The van der Waals surface area contributed by atoms with Crippen LogP contribution in [0.15, 0.2) is 5.38 Å². The van der Waals surface area contributed by atoms with Gasteiger partial charge in [-0.15, -0.1) is 11.3 Å². The molecule has 0 aliphatic carbocycles. The quantitative estimate of drug-likeness (QED) is 0.849. The minimum atomic E-state index is 0.698. The summed E-state index contributed by atoms with van der Waals surface area (Å²) in [6.07, 6.45) is 1.04. The molecule has 16 heavy (non-hydrogen) atoms. The van der Waals surface area contributed by atoms with Crippen molar-refractivity contribution in [3.05, 3.63) is 20.6 Å². The van der Waals surface area contributed by atoms with Crippen molar-refractivity contribution in [3.63, 3.8) is 0 Å². The Balaban J connectivity index is 2.62. The predicted molar refractivity (Wildman–Crippen MR) is 70.5 cm³/mol. The van der Waals surface area contributed by atoms with Crippen LogP contribution in [0, 0.1) is 11.7 Å². The normalized spacial score (nSPS) is 10.9. The van der Waals surface area contributed by atoms with Crippen LogP contribution in [0.25, 0.3) is 11.4 Å². The maximum Gasteiger partial charge on any atom is 0.195 e. The van der Waals surface area contributed by atoms with E-state index in [1.807, 2.05) is 4.57 Å². The first-order valence-electron chi connectivity index (χ1n) is 5.41. The Labute approximate surface area is 104 Å². The average molecular weight is 253 g/mol. The van der Waals surface area contributed by atoms with Crippen molar-refractivity contribution in [1.29, 1.82) is 0 Å². The number of hydrogen-bond acceptors (Lipinski definition) is 3. The Bertz CT molecular complexity index is 548. The third-order valence-electron chi connectivity index (χ3n) is 2.77. The summed E-state index contributed by atoms with van der Waals surface area (Å²) in [6, 6.07) is 0. The van der Waals surface area contributed by atoms with Gasteiger partial charge in [0.2, 0.25) is 0 Å². The number of nitrogens with zero attached hydrogens (tertiary/aromatic N) is 2. The van der Waals surface area contributed by atoms with Crippen LogP contribution in [0.3, 0.4) is 0 Å². The summed E-state index contributed by atoms with van der Waals surface area (Å²) in [5, 5.41) is 9.37. The van der Waals surface area contributed by atoms with Crippen LogP contribution in [0.5, 0.6) is 0 Å². The van der Waals surface area contributed by atoms with Crippen LogP contribution in [0.4, 0.5) is 0 Å². The third kappa shape index (κ3) is 1.74. The van der Waals surface area contributed by atoms with E-state index in [0.717, 1.165) is 18.8 Å². The summed E-state index contributed by atoms with van der Waals surface area (Å²) in [4.78, 5) is 1.37. The molecule has 2 rings (SSSR count). The molecule has 0 bridgehead atoms. The number of H-pyrrole nitrogens is 1. The zero-order valence-corrected chi connectivity index (χ0v) is 11.3. The second-order valence-electron chi connectivity index (χ2n) is 3.63. The molecule has 0 radical (unpaired) electrons. The van der Waals surface area contributed by atoms with Crippen LogP contribution in [-0.2, 0) is 13.0 Å². The summed E-state index contributed by atoms with van der Waals surface area (Å²) < 4.78 is 2.74. The molecular weight excluding hydrogens is 238 g/mol. The fourth-order valence-electron chi connectivity index (χ4n) is 1.92. The maximum atomic E-state index is 5.21. The number of nitrogens with one attached hydrogen (secondary N) is 1. The number of aromatic nitrogens is 3. The third-order valence-corrected chi connectivity index (χ3v) is 4.04. The molecule has 0 aromatic carbocycles. The van der Waals surface area contributed by atoms with E-state index in [4.69, 9.17) is 12.2 Å². The SMILES string of the molecule is CCc1c(-c2n[nH]c(=S)n2CC)csc1C. The van der Waals surface area contributed by atoms with Gasteiger partial charge in [0.1, 0.15) is 0 Å². The lowest BCUT2D eigenvalue weighted by Gasteiger charge is -2.04.